The number of rotatable bonds is 3. The highest BCUT2D eigenvalue weighted by Crippen LogP contribution is 2.31. The molecule has 0 aliphatic heterocycles. The second kappa shape index (κ2) is 5.90. The molecule has 3 nitrogen and oxygen atoms in total. The summed E-state index contributed by atoms with van der Waals surface area (Å²) in [5.41, 5.74) is 2.23. The van der Waals surface area contributed by atoms with Gasteiger partial charge in [-0.3, -0.25) is 4.68 Å². The summed E-state index contributed by atoms with van der Waals surface area (Å²) in [6.45, 7) is 0. The van der Waals surface area contributed by atoms with Crippen LogP contribution in [0.25, 0.3) is 0 Å². The monoisotopic (exact) mass is 439 g/mol. The van der Waals surface area contributed by atoms with Crippen molar-refractivity contribution in [3.8, 4) is 0 Å². The fourth-order valence-corrected chi connectivity index (χ4v) is 3.32. The average Bonchev–Trinajstić information content (AvgIpc) is 2.66. The van der Waals surface area contributed by atoms with E-state index in [0.29, 0.717) is 0 Å². The van der Waals surface area contributed by atoms with Gasteiger partial charge in [0.25, 0.3) is 0 Å². The third-order valence-corrected chi connectivity index (χ3v) is 4.60. The normalized spacial score (nSPS) is 12.7. The Morgan fingerprint density at radius 3 is 2.78 bits per heavy atom. The first kappa shape index (κ1) is 14.3. The summed E-state index contributed by atoms with van der Waals surface area (Å²) < 4.78 is 4.02. The first-order valence-electron chi connectivity index (χ1n) is 5.34. The van der Waals surface area contributed by atoms with Crippen molar-refractivity contribution in [1.29, 1.82) is 0 Å². The molecule has 18 heavy (non-hydrogen) atoms. The van der Waals surface area contributed by atoms with Crippen LogP contribution in [0.5, 0.6) is 0 Å². The van der Waals surface area contributed by atoms with Crippen molar-refractivity contribution >= 4 is 50.1 Å². The third kappa shape index (κ3) is 2.74. The Kier molecular flexibility index (Phi) is 4.69. The number of aryl methyl sites for hydroxylation is 1. The third-order valence-electron chi connectivity index (χ3n) is 2.77. The van der Waals surface area contributed by atoms with Crippen LogP contribution in [0.3, 0.4) is 0 Å². The van der Waals surface area contributed by atoms with Crippen LogP contribution in [0.4, 0.5) is 0 Å². The number of nitrogens with one attached hydrogen (secondary N) is 1. The average molecular weight is 441 g/mol. The van der Waals surface area contributed by atoms with E-state index in [9.17, 15) is 0 Å². The number of halogens is 3. The smallest absolute Gasteiger partial charge is 0.0768 e. The van der Waals surface area contributed by atoms with Gasteiger partial charge in [0.15, 0.2) is 0 Å². The largest absolute Gasteiger partial charge is 0.308 e. The molecule has 2 aromatic rings. The van der Waals surface area contributed by atoms with Gasteiger partial charge in [0.2, 0.25) is 0 Å². The zero-order valence-electron chi connectivity index (χ0n) is 9.92. The lowest BCUT2D eigenvalue weighted by Gasteiger charge is -2.19. The molecular formula is C12H12BrClIN3. The Balaban J connectivity index is 2.55. The molecule has 1 aromatic heterocycles. The predicted octanol–water partition coefficient (Wildman–Crippen LogP) is 3.75. The van der Waals surface area contributed by atoms with Crippen molar-refractivity contribution in [3.05, 3.63) is 48.7 Å². The zero-order chi connectivity index (χ0) is 13.3. The first-order valence-corrected chi connectivity index (χ1v) is 7.59. The summed E-state index contributed by atoms with van der Waals surface area (Å²) >= 11 is 12.0. The molecule has 0 fully saturated rings. The van der Waals surface area contributed by atoms with E-state index in [2.05, 4.69) is 48.9 Å². The van der Waals surface area contributed by atoms with Gasteiger partial charge in [-0.05, 0) is 69.3 Å². The molecule has 0 bridgehead atoms. The number of nitrogens with zero attached hydrogens (tertiary/aromatic N) is 2. The van der Waals surface area contributed by atoms with Crippen LogP contribution in [0.1, 0.15) is 17.3 Å². The highest BCUT2D eigenvalue weighted by Gasteiger charge is 2.21. The highest BCUT2D eigenvalue weighted by molar-refractivity contribution is 14.1. The lowest BCUT2D eigenvalue weighted by molar-refractivity contribution is 0.602. The van der Waals surface area contributed by atoms with Crippen LogP contribution in [0.15, 0.2) is 28.9 Å². The number of aromatic nitrogens is 2. The maximum absolute atomic E-state index is 6.09. The molecule has 1 atom stereocenters. The van der Waals surface area contributed by atoms with Crippen molar-refractivity contribution in [2.45, 2.75) is 6.04 Å². The Labute approximate surface area is 133 Å². The number of hydrogen-bond acceptors (Lipinski definition) is 2. The van der Waals surface area contributed by atoms with E-state index < -0.39 is 0 Å². The quantitative estimate of drug-likeness (QED) is 0.737. The Morgan fingerprint density at radius 2 is 2.22 bits per heavy atom. The first-order chi connectivity index (χ1) is 8.54. The fourth-order valence-electron chi connectivity index (χ4n) is 1.92. The second-order valence-corrected chi connectivity index (χ2v) is 6.34. The predicted molar refractivity (Wildman–Crippen MR) is 86.0 cm³/mol. The Hall–Kier alpha value is -0.110. The minimum absolute atomic E-state index is 0.0532. The van der Waals surface area contributed by atoms with E-state index in [1.54, 1.807) is 6.20 Å². The van der Waals surface area contributed by atoms with Gasteiger partial charge in [0, 0.05) is 15.6 Å². The summed E-state index contributed by atoms with van der Waals surface area (Å²) in [6.07, 6.45) is 1.80. The standard InChI is InChI=1S/C12H12BrClIN3/c1-16-11(12-9(13)6-17-18(12)2)8-5-7(14)3-4-10(8)15/h3-6,11,16H,1-2H3. The van der Waals surface area contributed by atoms with E-state index >= 15 is 0 Å². The number of benzene rings is 1. The van der Waals surface area contributed by atoms with Crippen molar-refractivity contribution in [1.82, 2.24) is 15.1 Å². The van der Waals surface area contributed by atoms with Crippen molar-refractivity contribution in [2.75, 3.05) is 7.05 Å². The van der Waals surface area contributed by atoms with E-state index in [0.717, 1.165) is 20.8 Å². The van der Waals surface area contributed by atoms with Crippen LogP contribution in [-0.2, 0) is 7.05 Å². The second-order valence-electron chi connectivity index (χ2n) is 3.89. The van der Waals surface area contributed by atoms with E-state index in [1.807, 2.05) is 37.0 Å². The van der Waals surface area contributed by atoms with Crippen molar-refractivity contribution < 1.29 is 0 Å². The Morgan fingerprint density at radius 1 is 1.50 bits per heavy atom. The molecule has 0 amide bonds. The molecular weight excluding hydrogens is 428 g/mol. The summed E-state index contributed by atoms with van der Waals surface area (Å²) in [7, 11) is 3.86. The van der Waals surface area contributed by atoms with Gasteiger partial charge in [-0.25, -0.2) is 0 Å². The molecule has 6 heteroatoms. The molecule has 1 unspecified atom stereocenters. The molecule has 0 saturated heterocycles. The van der Waals surface area contributed by atoms with Crippen LogP contribution < -0.4 is 5.32 Å². The van der Waals surface area contributed by atoms with Crippen molar-refractivity contribution in [3.63, 3.8) is 0 Å². The van der Waals surface area contributed by atoms with Crippen LogP contribution in [0, 0.1) is 3.57 Å². The molecule has 1 heterocycles. The molecule has 0 radical (unpaired) electrons. The molecule has 1 N–H and O–H groups in total. The van der Waals surface area contributed by atoms with E-state index in [1.165, 1.54) is 3.57 Å². The highest BCUT2D eigenvalue weighted by atomic mass is 127. The topological polar surface area (TPSA) is 29.9 Å². The summed E-state index contributed by atoms with van der Waals surface area (Å²) in [5, 5.41) is 8.31. The van der Waals surface area contributed by atoms with Gasteiger partial charge in [0.05, 0.1) is 22.4 Å². The van der Waals surface area contributed by atoms with Gasteiger partial charge in [0.1, 0.15) is 0 Å². The zero-order valence-corrected chi connectivity index (χ0v) is 14.4. The molecule has 0 spiro atoms. The van der Waals surface area contributed by atoms with E-state index in [4.69, 9.17) is 11.6 Å². The Bertz CT molecular complexity index is 551. The molecule has 0 saturated carbocycles. The maximum atomic E-state index is 6.09. The molecule has 0 aliphatic carbocycles. The van der Waals surface area contributed by atoms with Crippen LogP contribution >= 0.6 is 50.1 Å². The van der Waals surface area contributed by atoms with Crippen LogP contribution in [0.2, 0.25) is 5.02 Å². The lowest BCUT2D eigenvalue weighted by Crippen LogP contribution is -2.22. The fraction of sp³-hybridized carbons (Fsp3) is 0.250. The minimum atomic E-state index is 0.0532. The molecule has 96 valence electrons. The molecule has 0 aliphatic rings. The minimum Gasteiger partial charge on any atom is -0.308 e. The van der Waals surface area contributed by atoms with Crippen LogP contribution in [-0.4, -0.2) is 16.8 Å². The summed E-state index contributed by atoms with van der Waals surface area (Å²) in [6, 6.07) is 5.96. The van der Waals surface area contributed by atoms with Gasteiger partial charge >= 0.3 is 0 Å². The van der Waals surface area contributed by atoms with Crippen molar-refractivity contribution in [2.24, 2.45) is 7.05 Å². The molecule has 1 aromatic carbocycles. The summed E-state index contributed by atoms with van der Waals surface area (Å²) in [5.74, 6) is 0. The lowest BCUT2D eigenvalue weighted by atomic mass is 10.0. The molecule has 2 rings (SSSR count). The SMILES string of the molecule is CNC(c1cc(Cl)ccc1I)c1c(Br)cnn1C. The van der Waals surface area contributed by atoms with E-state index in [-0.39, 0.29) is 6.04 Å². The maximum Gasteiger partial charge on any atom is 0.0768 e. The van der Waals surface area contributed by atoms with Gasteiger partial charge in [-0.15, -0.1) is 0 Å². The van der Waals surface area contributed by atoms with Gasteiger partial charge < -0.3 is 5.32 Å². The summed E-state index contributed by atoms with van der Waals surface area (Å²) in [4.78, 5) is 0. The number of hydrogen-bond donors (Lipinski definition) is 1. The van der Waals surface area contributed by atoms with Gasteiger partial charge in [-0.2, -0.15) is 5.10 Å². The van der Waals surface area contributed by atoms with Gasteiger partial charge in [-0.1, -0.05) is 11.6 Å².